The Morgan fingerprint density at radius 1 is 1.60 bits per heavy atom. The van der Waals surface area contributed by atoms with Crippen LogP contribution < -0.4 is 0 Å². The number of aryl methyl sites for hydroxylation is 1. The molecule has 0 aromatic carbocycles. The van der Waals surface area contributed by atoms with Crippen molar-refractivity contribution in [2.45, 2.75) is 6.92 Å². The molecule has 0 N–H and O–H groups in total. The summed E-state index contributed by atoms with van der Waals surface area (Å²) in [5.74, 6) is 0.356. The monoisotopic (exact) mass is 256 g/mol. The fourth-order valence-corrected chi connectivity index (χ4v) is 2.81. The molecule has 0 bridgehead atoms. The number of thioether (sulfide) groups is 1. The van der Waals surface area contributed by atoms with Gasteiger partial charge in [-0.05, 0) is 19.1 Å². The summed E-state index contributed by atoms with van der Waals surface area (Å²) in [6.07, 6.45) is 1.67. The third kappa shape index (κ3) is 2.45. The molecule has 78 valence electrons. The smallest absolute Gasteiger partial charge is 0.259 e. The molecule has 1 saturated heterocycles. The first-order valence-electron chi connectivity index (χ1n) is 4.27. The molecule has 0 saturated carbocycles. The molecule has 3 nitrogen and oxygen atoms in total. The lowest BCUT2D eigenvalue weighted by molar-refractivity contribution is -0.123. The number of carbonyl (C=O) groups excluding carboxylic acids is 1. The van der Waals surface area contributed by atoms with Crippen LogP contribution in [0, 0.1) is 6.92 Å². The van der Waals surface area contributed by atoms with E-state index < -0.39 is 0 Å². The van der Waals surface area contributed by atoms with Gasteiger partial charge in [0.25, 0.3) is 5.91 Å². The highest BCUT2D eigenvalue weighted by Gasteiger charge is 2.25. The Labute approximate surface area is 101 Å². The minimum Gasteiger partial charge on any atom is -0.272 e. The van der Waals surface area contributed by atoms with Crippen molar-refractivity contribution >= 4 is 51.8 Å². The summed E-state index contributed by atoms with van der Waals surface area (Å²) in [6, 6.07) is 3.99. The van der Waals surface area contributed by atoms with Crippen LogP contribution in [0.5, 0.6) is 0 Å². The van der Waals surface area contributed by atoms with Crippen LogP contribution in [0.25, 0.3) is 0 Å². The van der Waals surface area contributed by atoms with Gasteiger partial charge in [0, 0.05) is 9.75 Å². The van der Waals surface area contributed by atoms with Crippen molar-refractivity contribution in [3.05, 3.63) is 21.9 Å². The van der Waals surface area contributed by atoms with Crippen LogP contribution in [-0.2, 0) is 4.79 Å². The zero-order chi connectivity index (χ0) is 10.8. The molecular formula is C9H8N2OS3. The highest BCUT2D eigenvalue weighted by Crippen LogP contribution is 2.20. The average Bonchev–Trinajstić information content (AvgIpc) is 2.73. The summed E-state index contributed by atoms with van der Waals surface area (Å²) >= 11 is 7.98. The van der Waals surface area contributed by atoms with Crippen LogP contribution in [0.1, 0.15) is 9.75 Å². The molecule has 1 fully saturated rings. The van der Waals surface area contributed by atoms with Crippen LogP contribution >= 0.6 is 35.3 Å². The predicted molar refractivity (Wildman–Crippen MR) is 68.6 cm³/mol. The van der Waals surface area contributed by atoms with Crippen molar-refractivity contribution in [3.8, 4) is 0 Å². The van der Waals surface area contributed by atoms with Gasteiger partial charge >= 0.3 is 0 Å². The normalized spacial score (nSPS) is 17.0. The van der Waals surface area contributed by atoms with Gasteiger partial charge in [-0.15, -0.1) is 11.3 Å². The molecule has 1 aliphatic heterocycles. The summed E-state index contributed by atoms with van der Waals surface area (Å²) < 4.78 is 0.532. The molecule has 1 aromatic rings. The van der Waals surface area contributed by atoms with Crippen molar-refractivity contribution in [3.63, 3.8) is 0 Å². The van der Waals surface area contributed by atoms with E-state index in [9.17, 15) is 4.79 Å². The lowest BCUT2D eigenvalue weighted by Crippen LogP contribution is -2.22. The fraction of sp³-hybridized carbons (Fsp3) is 0.222. The highest BCUT2D eigenvalue weighted by atomic mass is 32.2. The Morgan fingerprint density at radius 2 is 2.40 bits per heavy atom. The number of thiophene rings is 1. The topological polar surface area (TPSA) is 32.7 Å². The molecule has 2 rings (SSSR count). The molecular weight excluding hydrogens is 248 g/mol. The lowest BCUT2D eigenvalue weighted by atomic mass is 10.4. The molecule has 15 heavy (non-hydrogen) atoms. The summed E-state index contributed by atoms with van der Waals surface area (Å²) in [7, 11) is 0. The third-order valence-electron chi connectivity index (χ3n) is 1.79. The van der Waals surface area contributed by atoms with E-state index in [0.29, 0.717) is 10.1 Å². The largest absolute Gasteiger partial charge is 0.272 e. The Bertz CT molecular complexity index is 422. The van der Waals surface area contributed by atoms with Crippen molar-refractivity contribution in [1.82, 2.24) is 5.01 Å². The Morgan fingerprint density at radius 3 is 2.93 bits per heavy atom. The molecule has 0 atom stereocenters. The lowest BCUT2D eigenvalue weighted by Gasteiger charge is -2.05. The summed E-state index contributed by atoms with van der Waals surface area (Å²) in [6.45, 7) is 2.03. The van der Waals surface area contributed by atoms with E-state index in [0.717, 1.165) is 4.88 Å². The number of hydrogen-bond donors (Lipinski definition) is 0. The third-order valence-corrected chi connectivity index (χ3v) is 4.06. The standard InChI is InChI=1S/C9H8N2OS3/c1-6-2-3-7(15-6)4-10-11-8(12)5-14-9(11)13/h2-4H,5H2,1H3/b10-4-. The second kappa shape index (κ2) is 4.42. The number of carbonyl (C=O) groups is 1. The van der Waals surface area contributed by atoms with Crippen molar-refractivity contribution in [1.29, 1.82) is 0 Å². The number of amides is 1. The first-order valence-corrected chi connectivity index (χ1v) is 6.48. The van der Waals surface area contributed by atoms with Crippen molar-refractivity contribution < 1.29 is 4.79 Å². The van der Waals surface area contributed by atoms with Gasteiger partial charge in [0.1, 0.15) is 0 Å². The van der Waals surface area contributed by atoms with E-state index in [2.05, 4.69) is 5.10 Å². The maximum atomic E-state index is 11.3. The van der Waals surface area contributed by atoms with E-state index in [1.807, 2.05) is 19.1 Å². The van der Waals surface area contributed by atoms with Crippen LogP contribution in [0.15, 0.2) is 17.2 Å². The number of hydrogen-bond acceptors (Lipinski definition) is 5. The van der Waals surface area contributed by atoms with E-state index >= 15 is 0 Å². The number of nitrogens with zero attached hydrogens (tertiary/aromatic N) is 2. The summed E-state index contributed by atoms with van der Waals surface area (Å²) in [4.78, 5) is 13.6. The first kappa shape index (κ1) is 10.8. The Hall–Kier alpha value is -0.720. The van der Waals surface area contributed by atoms with Gasteiger partial charge in [-0.1, -0.05) is 24.0 Å². The predicted octanol–water partition coefficient (Wildman–Crippen LogP) is 2.25. The molecule has 0 spiro atoms. The zero-order valence-corrected chi connectivity index (χ0v) is 10.4. The number of rotatable bonds is 2. The maximum Gasteiger partial charge on any atom is 0.259 e. The molecule has 1 amide bonds. The minimum atomic E-state index is -0.0467. The Kier molecular flexibility index (Phi) is 3.18. The fourth-order valence-electron chi connectivity index (χ4n) is 1.10. The molecule has 6 heteroatoms. The number of hydrazone groups is 1. The highest BCUT2D eigenvalue weighted by molar-refractivity contribution is 8.23. The molecule has 2 heterocycles. The minimum absolute atomic E-state index is 0.0467. The molecule has 0 radical (unpaired) electrons. The van der Waals surface area contributed by atoms with Gasteiger partial charge in [-0.3, -0.25) is 4.79 Å². The van der Waals surface area contributed by atoms with Crippen LogP contribution in [0.3, 0.4) is 0 Å². The van der Waals surface area contributed by atoms with Gasteiger partial charge in [0.15, 0.2) is 4.32 Å². The first-order chi connectivity index (χ1) is 7.16. The summed E-state index contributed by atoms with van der Waals surface area (Å²) in [5, 5.41) is 5.36. The SMILES string of the molecule is Cc1ccc(/C=N\N2C(=O)CSC2=S)s1. The average molecular weight is 256 g/mol. The molecule has 0 unspecified atom stereocenters. The van der Waals surface area contributed by atoms with Crippen LogP contribution in [0.4, 0.5) is 0 Å². The quantitative estimate of drug-likeness (QED) is 0.601. The van der Waals surface area contributed by atoms with Gasteiger partial charge < -0.3 is 0 Å². The van der Waals surface area contributed by atoms with E-state index in [4.69, 9.17) is 12.2 Å². The maximum absolute atomic E-state index is 11.3. The van der Waals surface area contributed by atoms with E-state index in [1.165, 1.54) is 21.6 Å². The molecule has 1 aliphatic rings. The second-order valence-corrected chi connectivity index (χ2v) is 5.88. The second-order valence-electron chi connectivity index (χ2n) is 2.95. The molecule has 0 aliphatic carbocycles. The van der Waals surface area contributed by atoms with Crippen molar-refractivity contribution in [2.75, 3.05) is 5.75 Å². The molecule has 1 aromatic heterocycles. The number of thiocarbonyl (C=S) groups is 1. The van der Waals surface area contributed by atoms with Gasteiger partial charge in [-0.25, -0.2) is 0 Å². The zero-order valence-electron chi connectivity index (χ0n) is 7.97. The van der Waals surface area contributed by atoms with Crippen LogP contribution in [-0.4, -0.2) is 27.2 Å². The van der Waals surface area contributed by atoms with Crippen LogP contribution in [0.2, 0.25) is 0 Å². The summed E-state index contributed by atoms with van der Waals surface area (Å²) in [5.41, 5.74) is 0. The van der Waals surface area contributed by atoms with Gasteiger partial charge in [0.2, 0.25) is 0 Å². The van der Waals surface area contributed by atoms with Crippen molar-refractivity contribution in [2.24, 2.45) is 5.10 Å². The Balaban J connectivity index is 2.11. The van der Waals surface area contributed by atoms with E-state index in [1.54, 1.807) is 17.6 Å². The van der Waals surface area contributed by atoms with Gasteiger partial charge in [0.05, 0.1) is 12.0 Å². The van der Waals surface area contributed by atoms with Gasteiger partial charge in [-0.2, -0.15) is 10.1 Å². The van der Waals surface area contributed by atoms with E-state index in [-0.39, 0.29) is 5.91 Å².